The molecule has 8 heteroatoms. The summed E-state index contributed by atoms with van der Waals surface area (Å²) < 4.78 is 1.81. The smallest absolute Gasteiger partial charge is 0.245 e. The SMILES string of the molecule is CC(=O)N1CCN(c2n[nH]c(-c3cnn(-c4ccccc4)c3)n2)CC1. The van der Waals surface area contributed by atoms with Gasteiger partial charge in [0.25, 0.3) is 0 Å². The second-order valence-corrected chi connectivity index (χ2v) is 5.99. The number of aromatic amines is 1. The summed E-state index contributed by atoms with van der Waals surface area (Å²) in [6, 6.07) is 9.92. The Balaban J connectivity index is 1.49. The van der Waals surface area contributed by atoms with E-state index in [4.69, 9.17) is 0 Å². The number of piperazine rings is 1. The predicted octanol–water partition coefficient (Wildman–Crippen LogP) is 1.33. The van der Waals surface area contributed by atoms with E-state index >= 15 is 0 Å². The first-order valence-corrected chi connectivity index (χ1v) is 8.24. The lowest BCUT2D eigenvalue weighted by molar-refractivity contribution is -0.129. The molecule has 3 heterocycles. The first-order chi connectivity index (χ1) is 12.2. The van der Waals surface area contributed by atoms with Gasteiger partial charge in [-0.1, -0.05) is 18.2 Å². The molecule has 3 aromatic rings. The maximum atomic E-state index is 11.4. The van der Waals surface area contributed by atoms with Crippen LogP contribution in [0.1, 0.15) is 6.92 Å². The molecule has 8 nitrogen and oxygen atoms in total. The van der Waals surface area contributed by atoms with Gasteiger partial charge in [-0.15, -0.1) is 5.10 Å². The normalized spacial score (nSPS) is 14.8. The lowest BCUT2D eigenvalue weighted by Gasteiger charge is -2.33. The van der Waals surface area contributed by atoms with E-state index in [1.807, 2.05) is 46.1 Å². The molecule has 1 aliphatic heterocycles. The van der Waals surface area contributed by atoms with E-state index in [2.05, 4.69) is 25.2 Å². The van der Waals surface area contributed by atoms with Gasteiger partial charge in [-0.2, -0.15) is 10.1 Å². The molecule has 1 amide bonds. The third-order valence-corrected chi connectivity index (χ3v) is 4.36. The summed E-state index contributed by atoms with van der Waals surface area (Å²) in [6.45, 7) is 4.47. The highest BCUT2D eigenvalue weighted by molar-refractivity contribution is 5.73. The van der Waals surface area contributed by atoms with Gasteiger partial charge < -0.3 is 9.80 Å². The maximum absolute atomic E-state index is 11.4. The van der Waals surface area contributed by atoms with Crippen LogP contribution in [0.5, 0.6) is 0 Å². The molecule has 1 fully saturated rings. The number of nitrogens with one attached hydrogen (secondary N) is 1. The van der Waals surface area contributed by atoms with E-state index < -0.39 is 0 Å². The number of carbonyl (C=O) groups excluding carboxylic acids is 1. The fourth-order valence-corrected chi connectivity index (χ4v) is 2.91. The van der Waals surface area contributed by atoms with Crippen LogP contribution < -0.4 is 4.90 Å². The standard InChI is InChI=1S/C17H19N7O/c1-13(25)22-7-9-23(10-8-22)17-19-16(20-21-17)14-11-18-24(12-14)15-5-3-2-4-6-15/h2-6,11-12H,7-10H2,1H3,(H,19,20,21). The van der Waals surface area contributed by atoms with Crippen molar-refractivity contribution in [3.8, 4) is 17.1 Å². The van der Waals surface area contributed by atoms with Crippen molar-refractivity contribution in [1.82, 2.24) is 29.9 Å². The van der Waals surface area contributed by atoms with Crippen molar-refractivity contribution in [3.63, 3.8) is 0 Å². The Morgan fingerprint density at radius 2 is 1.88 bits per heavy atom. The first-order valence-electron chi connectivity index (χ1n) is 8.24. The van der Waals surface area contributed by atoms with Crippen LogP contribution in [0.2, 0.25) is 0 Å². The predicted molar refractivity (Wildman–Crippen MR) is 93.4 cm³/mol. The summed E-state index contributed by atoms with van der Waals surface area (Å²) in [4.78, 5) is 19.9. The van der Waals surface area contributed by atoms with E-state index in [0.717, 1.165) is 24.3 Å². The highest BCUT2D eigenvalue weighted by Crippen LogP contribution is 2.19. The summed E-state index contributed by atoms with van der Waals surface area (Å²) in [7, 11) is 0. The second kappa shape index (κ2) is 6.39. The Labute approximate surface area is 145 Å². The van der Waals surface area contributed by atoms with Gasteiger partial charge in [0.2, 0.25) is 11.9 Å². The first kappa shape index (κ1) is 15.4. The average Bonchev–Trinajstić information content (AvgIpc) is 3.32. The van der Waals surface area contributed by atoms with Crippen LogP contribution in [-0.2, 0) is 4.79 Å². The highest BCUT2D eigenvalue weighted by atomic mass is 16.2. The fraction of sp³-hybridized carbons (Fsp3) is 0.294. The van der Waals surface area contributed by atoms with Gasteiger partial charge in [0.15, 0.2) is 5.82 Å². The zero-order chi connectivity index (χ0) is 17.2. The molecular weight excluding hydrogens is 318 g/mol. The minimum atomic E-state index is 0.114. The van der Waals surface area contributed by atoms with Gasteiger partial charge in [0.05, 0.1) is 17.4 Å². The molecule has 0 bridgehead atoms. The van der Waals surface area contributed by atoms with Crippen molar-refractivity contribution < 1.29 is 4.79 Å². The zero-order valence-electron chi connectivity index (χ0n) is 14.0. The number of para-hydroxylation sites is 1. The van der Waals surface area contributed by atoms with E-state index in [-0.39, 0.29) is 5.91 Å². The van der Waals surface area contributed by atoms with Crippen LogP contribution in [0.4, 0.5) is 5.95 Å². The Kier molecular flexibility index (Phi) is 3.93. The molecule has 1 aromatic carbocycles. The Morgan fingerprint density at radius 1 is 1.12 bits per heavy atom. The van der Waals surface area contributed by atoms with Crippen molar-refractivity contribution in [2.75, 3.05) is 31.1 Å². The zero-order valence-corrected chi connectivity index (χ0v) is 14.0. The summed E-state index contributed by atoms with van der Waals surface area (Å²) in [5, 5.41) is 11.7. The molecule has 4 rings (SSSR count). The number of hydrogen-bond acceptors (Lipinski definition) is 5. The van der Waals surface area contributed by atoms with Gasteiger partial charge in [0, 0.05) is 39.3 Å². The van der Waals surface area contributed by atoms with Crippen LogP contribution in [0.3, 0.4) is 0 Å². The number of nitrogens with zero attached hydrogens (tertiary/aromatic N) is 6. The van der Waals surface area contributed by atoms with E-state index in [0.29, 0.717) is 24.9 Å². The Morgan fingerprint density at radius 3 is 2.60 bits per heavy atom. The van der Waals surface area contributed by atoms with Gasteiger partial charge in [0.1, 0.15) is 0 Å². The van der Waals surface area contributed by atoms with E-state index in [1.54, 1.807) is 13.1 Å². The number of benzene rings is 1. The van der Waals surface area contributed by atoms with Gasteiger partial charge in [-0.3, -0.25) is 9.89 Å². The van der Waals surface area contributed by atoms with Crippen molar-refractivity contribution in [3.05, 3.63) is 42.7 Å². The van der Waals surface area contributed by atoms with E-state index in [9.17, 15) is 4.79 Å². The number of H-pyrrole nitrogens is 1. The largest absolute Gasteiger partial charge is 0.339 e. The van der Waals surface area contributed by atoms with Crippen molar-refractivity contribution in [2.24, 2.45) is 0 Å². The number of carbonyl (C=O) groups is 1. The molecule has 1 aliphatic rings. The number of hydrogen-bond donors (Lipinski definition) is 1. The Bertz CT molecular complexity index is 862. The summed E-state index contributed by atoms with van der Waals surface area (Å²) >= 11 is 0. The van der Waals surface area contributed by atoms with Gasteiger partial charge >= 0.3 is 0 Å². The van der Waals surface area contributed by atoms with Crippen molar-refractivity contribution in [2.45, 2.75) is 6.92 Å². The van der Waals surface area contributed by atoms with Crippen molar-refractivity contribution >= 4 is 11.9 Å². The van der Waals surface area contributed by atoms with Gasteiger partial charge in [-0.05, 0) is 12.1 Å². The van der Waals surface area contributed by atoms with Gasteiger partial charge in [-0.25, -0.2) is 4.68 Å². The number of amides is 1. The summed E-state index contributed by atoms with van der Waals surface area (Å²) in [5.41, 5.74) is 1.87. The monoisotopic (exact) mass is 337 g/mol. The molecule has 128 valence electrons. The fourth-order valence-electron chi connectivity index (χ4n) is 2.91. The lowest BCUT2D eigenvalue weighted by Crippen LogP contribution is -2.48. The number of anilines is 1. The third kappa shape index (κ3) is 3.10. The van der Waals surface area contributed by atoms with Crippen LogP contribution in [0.25, 0.3) is 17.1 Å². The molecule has 25 heavy (non-hydrogen) atoms. The molecule has 0 atom stereocenters. The topological polar surface area (TPSA) is 82.9 Å². The Hall–Kier alpha value is -3.16. The summed E-state index contributed by atoms with van der Waals surface area (Å²) in [5.74, 6) is 1.46. The molecule has 2 aromatic heterocycles. The summed E-state index contributed by atoms with van der Waals surface area (Å²) in [6.07, 6.45) is 3.69. The van der Waals surface area contributed by atoms with Crippen LogP contribution in [-0.4, -0.2) is 61.9 Å². The van der Waals surface area contributed by atoms with Crippen LogP contribution in [0.15, 0.2) is 42.7 Å². The van der Waals surface area contributed by atoms with Crippen molar-refractivity contribution in [1.29, 1.82) is 0 Å². The molecule has 0 aliphatic carbocycles. The molecule has 0 radical (unpaired) electrons. The quantitative estimate of drug-likeness (QED) is 0.779. The minimum absolute atomic E-state index is 0.114. The minimum Gasteiger partial charge on any atom is -0.339 e. The van der Waals surface area contributed by atoms with E-state index in [1.165, 1.54) is 0 Å². The molecule has 1 saturated heterocycles. The molecule has 1 N–H and O–H groups in total. The number of aromatic nitrogens is 5. The average molecular weight is 337 g/mol. The molecule has 0 unspecified atom stereocenters. The number of rotatable bonds is 3. The highest BCUT2D eigenvalue weighted by Gasteiger charge is 2.21. The van der Waals surface area contributed by atoms with Crippen LogP contribution >= 0.6 is 0 Å². The maximum Gasteiger partial charge on any atom is 0.245 e. The van der Waals surface area contributed by atoms with Crippen LogP contribution in [0, 0.1) is 0 Å². The third-order valence-electron chi connectivity index (χ3n) is 4.36. The lowest BCUT2D eigenvalue weighted by atomic mass is 10.3. The second-order valence-electron chi connectivity index (χ2n) is 5.99. The molecular formula is C17H19N7O. The molecule has 0 saturated carbocycles. The molecule has 0 spiro atoms.